The summed E-state index contributed by atoms with van der Waals surface area (Å²) in [7, 11) is 0. The molecule has 0 aromatic heterocycles. The normalized spacial score (nSPS) is 0. The van der Waals surface area contributed by atoms with E-state index in [9.17, 15) is 0 Å². The van der Waals surface area contributed by atoms with Gasteiger partial charge in [0.2, 0.25) is 0 Å². The van der Waals surface area contributed by atoms with Crippen molar-refractivity contribution < 1.29 is 84.8 Å². The number of rotatable bonds is 0. The van der Waals surface area contributed by atoms with Crippen LogP contribution in [0.4, 0.5) is 0 Å². The maximum absolute atomic E-state index is 0. The summed E-state index contributed by atoms with van der Waals surface area (Å²) in [6.45, 7) is 0. The van der Waals surface area contributed by atoms with Crippen LogP contribution in [-0.2, 0) is 84.8 Å². The smallest absolute Gasteiger partial charge is 0 e. The van der Waals surface area contributed by atoms with E-state index >= 15 is 0 Å². The van der Waals surface area contributed by atoms with Crippen LogP contribution in [0, 0.1) is 0 Å². The first kappa shape index (κ1) is 62.1. The molecule has 0 bridgehead atoms. The molecule has 0 spiro atoms. The van der Waals surface area contributed by atoms with E-state index in [1.807, 2.05) is 0 Å². The monoisotopic (exact) mass is 318 g/mol. The molecule has 0 saturated heterocycles. The molecule has 0 atom stereocenters. The molecule has 0 aliphatic rings. The second-order valence-electron chi connectivity index (χ2n) is 0. The third kappa shape index (κ3) is 27.5. The second kappa shape index (κ2) is 42.4. The van der Waals surface area contributed by atoms with Gasteiger partial charge >= 0.3 is 0 Å². The Morgan fingerprint density at radius 1 is 1.00 bits per heavy atom. The molecule has 0 aromatic rings. The van der Waals surface area contributed by atoms with Crippen LogP contribution in [0.25, 0.3) is 0 Å². The molecule has 0 N–H and O–H groups in total. The predicted molar refractivity (Wildman–Crippen MR) is 9.94 cm³/mol. The first-order chi connectivity index (χ1) is 0. The summed E-state index contributed by atoms with van der Waals surface area (Å²) in [5.41, 5.74) is 0. The summed E-state index contributed by atoms with van der Waals surface area (Å²) < 4.78 is 0. The Balaban J connectivity index is 0. The third-order valence-corrected chi connectivity index (χ3v) is 0. The fraction of sp³-hybridized carbons (Fsp3) is 0. The van der Waals surface area contributed by atoms with Gasteiger partial charge in [0.25, 0.3) is 0 Å². The average molecular weight is 319 g/mol. The Morgan fingerprint density at radius 3 is 1.00 bits per heavy atom. The van der Waals surface area contributed by atoms with Crippen molar-refractivity contribution in [3.63, 3.8) is 0 Å². The van der Waals surface area contributed by atoms with Gasteiger partial charge in [-0.3, -0.25) is 0 Å². The molecule has 0 aliphatic heterocycles. The van der Waals surface area contributed by atoms with Crippen LogP contribution < -0.4 is 0 Å². The van der Waals surface area contributed by atoms with Gasteiger partial charge < -0.3 is 0 Å². The third-order valence-electron chi connectivity index (χ3n) is 0. The molecule has 0 unspecified atom stereocenters. The molecule has 0 aliphatic carbocycles. The molecule has 2 radical (unpaired) electrons. The molecule has 6 heteroatoms. The molecule has 6 heavy (non-hydrogen) atoms. The van der Waals surface area contributed by atoms with Crippen LogP contribution in [0.3, 0.4) is 0 Å². The van der Waals surface area contributed by atoms with Crippen molar-refractivity contribution >= 4 is 17.4 Å². The first-order valence-electron chi connectivity index (χ1n) is 0. The minimum atomic E-state index is 0. The standard InChI is InChI=1S/Al.Co.Cr.Cu.Fe.Ni.3H. The van der Waals surface area contributed by atoms with Gasteiger partial charge in [-0.05, 0) is 0 Å². The van der Waals surface area contributed by atoms with Gasteiger partial charge in [-0.25, -0.2) is 0 Å². The van der Waals surface area contributed by atoms with E-state index in [0.717, 1.165) is 0 Å². The minimum Gasteiger partial charge on any atom is 0 e. The Labute approximate surface area is 101 Å². The van der Waals surface area contributed by atoms with Crippen LogP contribution >= 0.6 is 0 Å². The summed E-state index contributed by atoms with van der Waals surface area (Å²) in [6, 6.07) is 0. The predicted octanol–water partition coefficient (Wildman–Crippen LogP) is -1.20. The summed E-state index contributed by atoms with van der Waals surface area (Å²) in [4.78, 5) is 0. The van der Waals surface area contributed by atoms with E-state index in [2.05, 4.69) is 0 Å². The zero-order valence-electron chi connectivity index (χ0n) is 1.71. The molecular weight excluding hydrogens is 316 g/mol. The van der Waals surface area contributed by atoms with E-state index in [4.69, 9.17) is 0 Å². The van der Waals surface area contributed by atoms with Crippen molar-refractivity contribution in [2.24, 2.45) is 0 Å². The van der Waals surface area contributed by atoms with Crippen molar-refractivity contribution in [1.82, 2.24) is 0 Å². The molecule has 0 fully saturated rings. The van der Waals surface area contributed by atoms with Crippen LogP contribution in [0.2, 0.25) is 0 Å². The topological polar surface area (TPSA) is 0 Å². The Bertz CT molecular complexity index is 15.5. The quantitative estimate of drug-likeness (QED) is 0.493. The van der Waals surface area contributed by atoms with Crippen LogP contribution in [-0.4, -0.2) is 17.4 Å². The summed E-state index contributed by atoms with van der Waals surface area (Å²) in [5, 5.41) is 0. The summed E-state index contributed by atoms with van der Waals surface area (Å²) in [6.07, 6.45) is 0. The zero-order valence-corrected chi connectivity index (χ0v) is 7.06. The van der Waals surface area contributed by atoms with Crippen molar-refractivity contribution in [3.8, 4) is 0 Å². The van der Waals surface area contributed by atoms with Gasteiger partial charge in [-0.2, -0.15) is 0 Å². The van der Waals surface area contributed by atoms with Crippen molar-refractivity contribution in [1.29, 1.82) is 0 Å². The van der Waals surface area contributed by atoms with Crippen LogP contribution in [0.1, 0.15) is 0 Å². The van der Waals surface area contributed by atoms with Gasteiger partial charge in [0.15, 0.2) is 17.4 Å². The number of hydrogen-bond acceptors (Lipinski definition) is 0. The molecule has 0 aromatic carbocycles. The maximum atomic E-state index is 0. The van der Waals surface area contributed by atoms with Crippen molar-refractivity contribution in [2.45, 2.75) is 0 Å². The Hall–Kier alpha value is 3.10. The second-order valence-corrected chi connectivity index (χ2v) is 0. The summed E-state index contributed by atoms with van der Waals surface area (Å²) >= 11 is 0. The molecule has 0 nitrogen and oxygen atoms in total. The molecule has 0 heterocycles. The molecule has 50 valence electrons. The maximum Gasteiger partial charge on any atom is 0.187 e. The fourth-order valence-corrected chi connectivity index (χ4v) is 0. The van der Waals surface area contributed by atoms with Gasteiger partial charge in [0, 0.05) is 84.8 Å². The van der Waals surface area contributed by atoms with Crippen molar-refractivity contribution in [3.05, 3.63) is 0 Å². The van der Waals surface area contributed by atoms with Crippen molar-refractivity contribution in [2.75, 3.05) is 0 Å². The summed E-state index contributed by atoms with van der Waals surface area (Å²) in [5.74, 6) is 0. The molecule has 0 rings (SSSR count). The van der Waals surface area contributed by atoms with E-state index in [0.29, 0.717) is 0 Å². The van der Waals surface area contributed by atoms with Gasteiger partial charge in [0.1, 0.15) is 0 Å². The van der Waals surface area contributed by atoms with Gasteiger partial charge in [-0.15, -0.1) is 0 Å². The number of hydrogen-bond donors (Lipinski definition) is 0. The zero-order chi connectivity index (χ0) is 0. The van der Waals surface area contributed by atoms with Crippen LogP contribution in [0.15, 0.2) is 0 Å². The van der Waals surface area contributed by atoms with E-state index in [1.165, 1.54) is 0 Å². The Morgan fingerprint density at radius 2 is 1.00 bits per heavy atom. The molecule has 0 saturated carbocycles. The minimum absolute atomic E-state index is 0. The van der Waals surface area contributed by atoms with E-state index in [-0.39, 0.29) is 102 Å². The fourth-order valence-electron chi connectivity index (χ4n) is 0. The van der Waals surface area contributed by atoms with E-state index < -0.39 is 0 Å². The van der Waals surface area contributed by atoms with Crippen LogP contribution in [0.5, 0.6) is 0 Å². The van der Waals surface area contributed by atoms with Gasteiger partial charge in [-0.1, -0.05) is 0 Å². The Kier molecular flexibility index (Phi) is 439. The van der Waals surface area contributed by atoms with E-state index in [1.54, 1.807) is 0 Å². The average Bonchev–Trinajstić information content (AvgIpc) is 0. The molecule has 0 amide bonds. The SMILES string of the molecule is [AlH3].[Co].[Cr].[Cu].[Fe].[Ni]. The van der Waals surface area contributed by atoms with Gasteiger partial charge in [0.05, 0.1) is 0 Å². The first-order valence-corrected chi connectivity index (χ1v) is 0. The molecular formula is H3AlCoCrCuFeNi. The largest absolute Gasteiger partial charge is 0.187 e.